The van der Waals surface area contributed by atoms with Gasteiger partial charge in [0.05, 0.1) is 11.4 Å². The number of aromatic nitrogens is 3. The van der Waals surface area contributed by atoms with Crippen LogP contribution < -0.4 is 5.32 Å². The topological polar surface area (TPSA) is 42.7 Å². The standard InChI is InChI=1S/C14H20N4/c1-3-13-9-14(18(2)17-13)11-16-8-6-12-5-4-7-15-10-12/h4-5,7,9-10,16H,3,6,8,11H2,1-2H3. The molecule has 0 saturated heterocycles. The zero-order valence-corrected chi connectivity index (χ0v) is 11.1. The van der Waals surface area contributed by atoms with E-state index in [0.29, 0.717) is 0 Å². The Hall–Kier alpha value is -1.68. The van der Waals surface area contributed by atoms with E-state index < -0.39 is 0 Å². The maximum Gasteiger partial charge on any atom is 0.0625 e. The number of rotatable bonds is 6. The molecule has 2 heterocycles. The number of hydrogen-bond acceptors (Lipinski definition) is 3. The van der Waals surface area contributed by atoms with Gasteiger partial charge in [0, 0.05) is 26.0 Å². The lowest BCUT2D eigenvalue weighted by molar-refractivity contribution is 0.623. The summed E-state index contributed by atoms with van der Waals surface area (Å²) in [4.78, 5) is 4.11. The van der Waals surface area contributed by atoms with Crippen LogP contribution in [0.15, 0.2) is 30.6 Å². The predicted molar refractivity (Wildman–Crippen MR) is 72.2 cm³/mol. The molecule has 4 nitrogen and oxygen atoms in total. The van der Waals surface area contributed by atoms with Gasteiger partial charge >= 0.3 is 0 Å². The van der Waals surface area contributed by atoms with Crippen molar-refractivity contribution in [3.05, 3.63) is 47.5 Å². The summed E-state index contributed by atoms with van der Waals surface area (Å²) in [5.74, 6) is 0. The molecule has 0 aliphatic rings. The van der Waals surface area contributed by atoms with E-state index in [1.807, 2.05) is 24.0 Å². The van der Waals surface area contributed by atoms with Crippen LogP contribution in [-0.4, -0.2) is 21.3 Å². The zero-order valence-electron chi connectivity index (χ0n) is 11.1. The molecule has 2 aromatic heterocycles. The number of pyridine rings is 1. The maximum atomic E-state index is 4.43. The summed E-state index contributed by atoms with van der Waals surface area (Å²) >= 11 is 0. The average Bonchev–Trinajstić information content (AvgIpc) is 2.77. The zero-order chi connectivity index (χ0) is 12.8. The van der Waals surface area contributed by atoms with E-state index in [1.54, 1.807) is 6.20 Å². The van der Waals surface area contributed by atoms with E-state index in [1.165, 1.54) is 11.3 Å². The molecule has 0 atom stereocenters. The number of nitrogens with zero attached hydrogens (tertiary/aromatic N) is 3. The van der Waals surface area contributed by atoms with E-state index >= 15 is 0 Å². The number of nitrogens with one attached hydrogen (secondary N) is 1. The molecule has 0 bridgehead atoms. The Bertz CT molecular complexity index is 476. The number of aryl methyl sites for hydroxylation is 2. The molecule has 0 fully saturated rings. The lowest BCUT2D eigenvalue weighted by atomic mass is 10.2. The van der Waals surface area contributed by atoms with Crippen LogP contribution in [0.4, 0.5) is 0 Å². The van der Waals surface area contributed by atoms with Crippen molar-refractivity contribution in [2.45, 2.75) is 26.3 Å². The van der Waals surface area contributed by atoms with E-state index in [4.69, 9.17) is 0 Å². The SMILES string of the molecule is CCc1cc(CNCCc2cccnc2)n(C)n1. The van der Waals surface area contributed by atoms with Gasteiger partial charge in [-0.05, 0) is 37.1 Å². The highest BCUT2D eigenvalue weighted by Crippen LogP contribution is 2.03. The van der Waals surface area contributed by atoms with Crippen molar-refractivity contribution in [1.29, 1.82) is 0 Å². The van der Waals surface area contributed by atoms with Crippen molar-refractivity contribution >= 4 is 0 Å². The lowest BCUT2D eigenvalue weighted by Crippen LogP contribution is -2.18. The first kappa shape index (κ1) is 12.8. The van der Waals surface area contributed by atoms with Gasteiger partial charge in [0.25, 0.3) is 0 Å². The first-order valence-electron chi connectivity index (χ1n) is 6.41. The van der Waals surface area contributed by atoms with Gasteiger partial charge in [-0.15, -0.1) is 0 Å². The Morgan fingerprint density at radius 3 is 2.94 bits per heavy atom. The Morgan fingerprint density at radius 2 is 2.28 bits per heavy atom. The minimum absolute atomic E-state index is 0.865. The summed E-state index contributed by atoms with van der Waals surface area (Å²) in [5.41, 5.74) is 3.66. The van der Waals surface area contributed by atoms with Crippen LogP contribution in [0.25, 0.3) is 0 Å². The van der Waals surface area contributed by atoms with Crippen LogP contribution >= 0.6 is 0 Å². The van der Waals surface area contributed by atoms with Crippen molar-refractivity contribution in [3.8, 4) is 0 Å². The Morgan fingerprint density at radius 1 is 1.39 bits per heavy atom. The first-order valence-corrected chi connectivity index (χ1v) is 6.41. The molecule has 1 N–H and O–H groups in total. The van der Waals surface area contributed by atoms with Crippen molar-refractivity contribution in [3.63, 3.8) is 0 Å². The molecule has 0 aliphatic heterocycles. The van der Waals surface area contributed by atoms with Crippen LogP contribution in [0.1, 0.15) is 23.9 Å². The maximum absolute atomic E-state index is 4.43. The van der Waals surface area contributed by atoms with Gasteiger partial charge in [-0.3, -0.25) is 9.67 Å². The van der Waals surface area contributed by atoms with E-state index in [9.17, 15) is 0 Å². The van der Waals surface area contributed by atoms with Crippen LogP contribution in [-0.2, 0) is 26.4 Å². The number of hydrogen-bond donors (Lipinski definition) is 1. The van der Waals surface area contributed by atoms with Gasteiger partial charge < -0.3 is 5.32 Å². The minimum Gasteiger partial charge on any atom is -0.311 e. The fourth-order valence-electron chi connectivity index (χ4n) is 1.90. The van der Waals surface area contributed by atoms with Gasteiger partial charge in [-0.1, -0.05) is 13.0 Å². The van der Waals surface area contributed by atoms with E-state index in [0.717, 1.165) is 31.6 Å². The normalized spacial score (nSPS) is 10.8. The molecule has 0 radical (unpaired) electrons. The first-order chi connectivity index (χ1) is 8.79. The molecule has 0 aliphatic carbocycles. The van der Waals surface area contributed by atoms with Crippen LogP contribution in [0.5, 0.6) is 0 Å². The van der Waals surface area contributed by atoms with Crippen molar-refractivity contribution in [2.75, 3.05) is 6.54 Å². The second kappa shape index (κ2) is 6.31. The third-order valence-corrected chi connectivity index (χ3v) is 3.01. The third kappa shape index (κ3) is 3.40. The van der Waals surface area contributed by atoms with Crippen molar-refractivity contribution < 1.29 is 0 Å². The monoisotopic (exact) mass is 244 g/mol. The summed E-state index contributed by atoms with van der Waals surface area (Å²) < 4.78 is 1.95. The molecule has 0 amide bonds. The van der Waals surface area contributed by atoms with E-state index in [-0.39, 0.29) is 0 Å². The quantitative estimate of drug-likeness (QED) is 0.787. The molecule has 0 unspecified atom stereocenters. The molecule has 0 aromatic carbocycles. The van der Waals surface area contributed by atoms with Crippen LogP contribution in [0, 0.1) is 0 Å². The van der Waals surface area contributed by atoms with Gasteiger partial charge in [-0.2, -0.15) is 5.10 Å². The highest BCUT2D eigenvalue weighted by atomic mass is 15.3. The smallest absolute Gasteiger partial charge is 0.0625 e. The van der Waals surface area contributed by atoms with Gasteiger partial charge in [0.15, 0.2) is 0 Å². The molecular formula is C14H20N4. The Balaban J connectivity index is 1.76. The Labute approximate surface area is 108 Å². The van der Waals surface area contributed by atoms with Gasteiger partial charge in [-0.25, -0.2) is 0 Å². The molecule has 96 valence electrons. The summed E-state index contributed by atoms with van der Waals surface area (Å²) in [5, 5.41) is 7.87. The summed E-state index contributed by atoms with van der Waals surface area (Å²) in [6, 6.07) is 6.25. The molecule has 0 spiro atoms. The highest BCUT2D eigenvalue weighted by Gasteiger charge is 2.02. The lowest BCUT2D eigenvalue weighted by Gasteiger charge is -2.04. The molecule has 4 heteroatoms. The third-order valence-electron chi connectivity index (χ3n) is 3.01. The van der Waals surface area contributed by atoms with Crippen LogP contribution in [0.3, 0.4) is 0 Å². The summed E-state index contributed by atoms with van der Waals surface area (Å²) in [6.45, 7) is 3.95. The molecule has 0 saturated carbocycles. The second-order valence-corrected chi connectivity index (χ2v) is 4.39. The van der Waals surface area contributed by atoms with Crippen molar-refractivity contribution in [2.24, 2.45) is 7.05 Å². The molecule has 18 heavy (non-hydrogen) atoms. The summed E-state index contributed by atoms with van der Waals surface area (Å²) in [6.07, 6.45) is 5.72. The highest BCUT2D eigenvalue weighted by molar-refractivity contribution is 5.11. The molecule has 2 aromatic rings. The summed E-state index contributed by atoms with van der Waals surface area (Å²) in [7, 11) is 2.00. The van der Waals surface area contributed by atoms with Crippen LogP contribution in [0.2, 0.25) is 0 Å². The predicted octanol–water partition coefficient (Wildman–Crippen LogP) is 1.71. The fourth-order valence-corrected chi connectivity index (χ4v) is 1.90. The van der Waals surface area contributed by atoms with Gasteiger partial charge in [0.2, 0.25) is 0 Å². The average molecular weight is 244 g/mol. The van der Waals surface area contributed by atoms with Crippen molar-refractivity contribution in [1.82, 2.24) is 20.1 Å². The second-order valence-electron chi connectivity index (χ2n) is 4.39. The molecular weight excluding hydrogens is 224 g/mol. The fraction of sp³-hybridized carbons (Fsp3) is 0.429. The van der Waals surface area contributed by atoms with Gasteiger partial charge in [0.1, 0.15) is 0 Å². The van der Waals surface area contributed by atoms with E-state index in [2.05, 4.69) is 34.5 Å². The minimum atomic E-state index is 0.865. The Kier molecular flexibility index (Phi) is 4.47. The largest absolute Gasteiger partial charge is 0.311 e. The molecule has 2 rings (SSSR count).